The number of alkyl carbamates (subject to hydrolysis) is 1. The second kappa shape index (κ2) is 23.4. The minimum Gasteiger partial charge on any atom is -0.467 e. The molecule has 0 bridgehead atoms. The Hall–Kier alpha value is -5.51. The highest BCUT2D eigenvalue weighted by Crippen LogP contribution is 2.16. The Morgan fingerprint density at radius 1 is 0.804 bits per heavy atom. The Balaban J connectivity index is 2.30. The van der Waals surface area contributed by atoms with Crippen LogP contribution in [0.1, 0.15) is 71.4 Å². The van der Waals surface area contributed by atoms with Gasteiger partial charge in [-0.3, -0.25) is 24.0 Å². The van der Waals surface area contributed by atoms with Gasteiger partial charge in [0.05, 0.1) is 25.7 Å². The molecule has 0 radical (unpaired) electrons. The molecule has 0 unspecified atom stereocenters. The molecular weight excluding hydrogens is 724 g/mol. The predicted molar refractivity (Wildman–Crippen MR) is 207 cm³/mol. The van der Waals surface area contributed by atoms with Gasteiger partial charge in [-0.2, -0.15) is 0 Å². The van der Waals surface area contributed by atoms with E-state index in [1.165, 1.54) is 21.1 Å². The first-order chi connectivity index (χ1) is 26.4. The van der Waals surface area contributed by atoms with Crippen molar-refractivity contribution in [2.45, 2.75) is 110 Å². The van der Waals surface area contributed by atoms with Gasteiger partial charge in [0, 0.05) is 13.5 Å². The normalized spacial score (nSPS) is 14.2. The van der Waals surface area contributed by atoms with E-state index >= 15 is 0 Å². The molecular formula is C40H58N6O10. The maximum Gasteiger partial charge on any atom is 0.408 e. The van der Waals surface area contributed by atoms with Crippen molar-refractivity contribution in [2.24, 2.45) is 17.6 Å². The second-order valence-electron chi connectivity index (χ2n) is 14.5. The number of hydrogen-bond acceptors (Lipinski definition) is 10. The fourth-order valence-electron chi connectivity index (χ4n) is 5.83. The zero-order chi connectivity index (χ0) is 41.9. The number of likely N-dealkylation sites (N-methyl/N-ethyl adjacent to an activating group) is 1. The number of benzene rings is 2. The van der Waals surface area contributed by atoms with Crippen LogP contribution in [0.3, 0.4) is 0 Å². The fraction of sp³-hybridized carbons (Fsp3) is 0.525. The summed E-state index contributed by atoms with van der Waals surface area (Å²) in [6.07, 6.45) is -3.02. The molecule has 0 fully saturated rings. The number of amides is 6. The lowest BCUT2D eigenvalue weighted by Crippen LogP contribution is -2.58. The molecule has 16 nitrogen and oxygen atoms in total. The Labute approximate surface area is 328 Å². The summed E-state index contributed by atoms with van der Waals surface area (Å²) in [6.45, 7) is 8.53. The summed E-state index contributed by atoms with van der Waals surface area (Å²) < 4.78 is 9.99. The second-order valence-corrected chi connectivity index (χ2v) is 14.5. The summed E-state index contributed by atoms with van der Waals surface area (Å²) in [5.41, 5.74) is 6.89. The fourth-order valence-corrected chi connectivity index (χ4v) is 5.83. The number of primary amides is 1. The minimum atomic E-state index is -1.49. The molecule has 0 saturated heterocycles. The molecule has 2 rings (SSSR count). The zero-order valence-corrected chi connectivity index (χ0v) is 33.3. The topological polar surface area (TPSA) is 236 Å². The monoisotopic (exact) mass is 782 g/mol. The van der Waals surface area contributed by atoms with Crippen LogP contribution in [0.5, 0.6) is 0 Å². The molecule has 6 amide bonds. The Morgan fingerprint density at radius 3 is 1.93 bits per heavy atom. The third-order valence-electron chi connectivity index (χ3n) is 8.96. The first kappa shape index (κ1) is 46.6. The molecule has 0 spiro atoms. The molecule has 56 heavy (non-hydrogen) atoms. The quantitative estimate of drug-likeness (QED) is 0.0947. The van der Waals surface area contributed by atoms with Gasteiger partial charge in [0.2, 0.25) is 29.5 Å². The van der Waals surface area contributed by atoms with E-state index in [-0.39, 0.29) is 38.2 Å². The van der Waals surface area contributed by atoms with Crippen LogP contribution in [-0.2, 0) is 51.3 Å². The summed E-state index contributed by atoms with van der Waals surface area (Å²) in [7, 11) is 2.55. The van der Waals surface area contributed by atoms with E-state index in [9.17, 15) is 38.7 Å². The lowest BCUT2D eigenvalue weighted by Gasteiger charge is -2.34. The van der Waals surface area contributed by atoms with Crippen molar-refractivity contribution in [3.8, 4) is 0 Å². The smallest absolute Gasteiger partial charge is 0.408 e. The van der Waals surface area contributed by atoms with Gasteiger partial charge in [-0.15, -0.1) is 0 Å². The number of rotatable bonds is 22. The largest absolute Gasteiger partial charge is 0.467 e. The highest BCUT2D eigenvalue weighted by atomic mass is 16.5. The standard InChI is InChI=1S/C40H58N6O10/c1-24(2)20-30(36(50)42-26(5)39(53)55-7)43-34(49)22-32(47)29(21-27-14-10-8-11-15-27)44-37(51)31(18-19-33(41)48)46(6)38(52)35(25(3)4)45-40(54)56-23-28-16-12-9-13-17-28/h8-17,24-26,29-32,35,47H,18-23H2,1-7H3,(H2,41,48)(H,42,50)(H,43,49)(H,44,51)(H,45,54)/t26-,29-,30-,31-,32-,35-/m0/s1. The molecule has 0 aliphatic heterocycles. The molecule has 0 aromatic heterocycles. The molecule has 0 aliphatic carbocycles. The molecule has 0 heterocycles. The van der Waals surface area contributed by atoms with Gasteiger partial charge in [0.1, 0.15) is 30.8 Å². The number of methoxy groups -OCH3 is 1. The number of aliphatic hydroxyl groups is 1. The Kier molecular flexibility index (Phi) is 19.5. The number of esters is 1. The highest BCUT2D eigenvalue weighted by molar-refractivity contribution is 5.92. The lowest BCUT2D eigenvalue weighted by molar-refractivity contribution is -0.145. The van der Waals surface area contributed by atoms with Crippen molar-refractivity contribution in [1.29, 1.82) is 0 Å². The molecule has 2 aromatic rings. The van der Waals surface area contributed by atoms with Crippen molar-refractivity contribution >= 4 is 41.6 Å². The molecule has 2 aromatic carbocycles. The van der Waals surface area contributed by atoms with Gasteiger partial charge in [0.15, 0.2) is 0 Å². The predicted octanol–water partition coefficient (Wildman–Crippen LogP) is 1.72. The average Bonchev–Trinajstić information content (AvgIpc) is 3.15. The van der Waals surface area contributed by atoms with Crippen LogP contribution in [0, 0.1) is 11.8 Å². The van der Waals surface area contributed by atoms with E-state index in [0.29, 0.717) is 5.56 Å². The summed E-state index contributed by atoms with van der Waals surface area (Å²) in [6, 6.07) is 12.3. The van der Waals surface area contributed by atoms with Crippen LogP contribution >= 0.6 is 0 Å². The lowest BCUT2D eigenvalue weighted by atomic mass is 9.97. The van der Waals surface area contributed by atoms with Crippen LogP contribution in [-0.4, -0.2) is 102 Å². The van der Waals surface area contributed by atoms with Gasteiger partial charge < -0.3 is 46.5 Å². The molecule has 0 saturated carbocycles. The first-order valence-electron chi connectivity index (χ1n) is 18.6. The van der Waals surface area contributed by atoms with Gasteiger partial charge in [-0.25, -0.2) is 9.59 Å². The molecule has 0 aliphatic rings. The number of carbonyl (C=O) groups is 7. The van der Waals surface area contributed by atoms with E-state index < -0.39 is 90.3 Å². The van der Waals surface area contributed by atoms with Gasteiger partial charge in [-0.05, 0) is 49.1 Å². The number of nitrogens with zero attached hydrogens (tertiary/aromatic N) is 1. The Morgan fingerprint density at radius 2 is 1.39 bits per heavy atom. The first-order valence-corrected chi connectivity index (χ1v) is 18.6. The number of carbonyl (C=O) groups excluding carboxylic acids is 7. The maximum atomic E-state index is 14.1. The summed E-state index contributed by atoms with van der Waals surface area (Å²) in [5.74, 6) is -4.55. The SMILES string of the molecule is COC(=O)[C@H](C)NC(=O)[C@H](CC(C)C)NC(=O)C[C@H](O)[C@H](Cc1ccccc1)NC(=O)[C@H](CCC(N)=O)N(C)C(=O)[C@@H](NC(=O)OCc1ccccc1)C(C)C. The van der Waals surface area contributed by atoms with Crippen molar-refractivity contribution < 1.29 is 48.1 Å². The number of nitrogens with one attached hydrogen (secondary N) is 4. The zero-order valence-electron chi connectivity index (χ0n) is 33.3. The van der Waals surface area contributed by atoms with Crippen molar-refractivity contribution in [3.05, 3.63) is 71.8 Å². The minimum absolute atomic E-state index is 0.0306. The Bertz CT molecular complexity index is 1610. The van der Waals surface area contributed by atoms with Crippen molar-refractivity contribution in [1.82, 2.24) is 26.2 Å². The van der Waals surface area contributed by atoms with E-state index in [1.54, 1.807) is 68.4 Å². The third kappa shape index (κ3) is 16.1. The van der Waals surface area contributed by atoms with Crippen molar-refractivity contribution in [3.63, 3.8) is 0 Å². The number of nitrogens with two attached hydrogens (primary N) is 1. The van der Waals surface area contributed by atoms with Gasteiger partial charge >= 0.3 is 12.1 Å². The molecule has 7 N–H and O–H groups in total. The van der Waals surface area contributed by atoms with E-state index in [4.69, 9.17) is 10.5 Å². The molecule has 308 valence electrons. The average molecular weight is 783 g/mol. The summed E-state index contributed by atoms with van der Waals surface area (Å²) >= 11 is 0. The van der Waals surface area contributed by atoms with Gasteiger partial charge in [-0.1, -0.05) is 88.4 Å². The van der Waals surface area contributed by atoms with Crippen LogP contribution in [0.4, 0.5) is 4.79 Å². The number of ether oxygens (including phenoxy) is 2. The van der Waals surface area contributed by atoms with E-state index in [0.717, 1.165) is 10.5 Å². The summed E-state index contributed by atoms with van der Waals surface area (Å²) in [4.78, 5) is 92.0. The van der Waals surface area contributed by atoms with Crippen LogP contribution in [0.15, 0.2) is 60.7 Å². The molecule has 6 atom stereocenters. The summed E-state index contributed by atoms with van der Waals surface area (Å²) in [5, 5.41) is 22.0. The van der Waals surface area contributed by atoms with Gasteiger partial charge in [0.25, 0.3) is 0 Å². The van der Waals surface area contributed by atoms with E-state index in [2.05, 4.69) is 26.0 Å². The number of hydrogen-bond donors (Lipinski definition) is 6. The third-order valence-corrected chi connectivity index (χ3v) is 8.96. The van der Waals surface area contributed by atoms with Crippen LogP contribution < -0.4 is 27.0 Å². The number of aliphatic hydroxyl groups excluding tert-OH is 1. The maximum absolute atomic E-state index is 14.1. The van der Waals surface area contributed by atoms with Crippen molar-refractivity contribution in [2.75, 3.05) is 14.2 Å². The van der Waals surface area contributed by atoms with Crippen LogP contribution in [0.2, 0.25) is 0 Å². The highest BCUT2D eigenvalue weighted by Gasteiger charge is 2.36. The van der Waals surface area contributed by atoms with Crippen LogP contribution in [0.25, 0.3) is 0 Å². The van der Waals surface area contributed by atoms with E-state index in [1.807, 2.05) is 19.9 Å². The molecule has 16 heteroatoms.